The van der Waals surface area contributed by atoms with Crippen LogP contribution in [-0.2, 0) is 0 Å². The lowest BCUT2D eigenvalue weighted by Gasteiger charge is -2.05. The maximum absolute atomic E-state index is 6.00. The van der Waals surface area contributed by atoms with Gasteiger partial charge in [-0.05, 0) is 18.3 Å². The quantitative estimate of drug-likeness (QED) is 0.442. The highest BCUT2D eigenvalue weighted by Gasteiger charge is 2.01. The lowest BCUT2D eigenvalue weighted by atomic mass is 10.1. The molecule has 0 spiro atoms. The highest BCUT2D eigenvalue weighted by Crippen LogP contribution is 2.16. The van der Waals surface area contributed by atoms with E-state index in [1.165, 1.54) is 0 Å². The van der Waals surface area contributed by atoms with Crippen LogP contribution in [0.4, 0.5) is 0 Å². The molecule has 0 unspecified atom stereocenters. The van der Waals surface area contributed by atoms with Crippen molar-refractivity contribution in [3.8, 4) is 0 Å². The fourth-order valence-electron chi connectivity index (χ4n) is 0.968. The molecule has 0 saturated heterocycles. The van der Waals surface area contributed by atoms with Crippen molar-refractivity contribution in [2.24, 2.45) is 0 Å². The molecule has 1 aromatic carbocycles. The maximum atomic E-state index is 6.00. The van der Waals surface area contributed by atoms with E-state index in [0.29, 0.717) is 5.02 Å². The third-order valence-electron chi connectivity index (χ3n) is 1.66. The maximum Gasteiger partial charge on any atom is 0.0492 e. The van der Waals surface area contributed by atoms with Crippen LogP contribution in [0.5, 0.6) is 0 Å². The minimum absolute atomic E-state index is 0.695. The molecule has 0 radical (unpaired) electrons. The Labute approximate surface area is 95.0 Å². The molecule has 0 aliphatic carbocycles. The first-order valence-electron chi connectivity index (χ1n) is 4.25. The zero-order chi connectivity index (χ0) is 10.6. The molecule has 1 rings (SSSR count). The minimum Gasteiger partial charge on any atom is -0.383 e. The largest absolute Gasteiger partial charge is 0.383 e. The molecular formula is C11H12ClNS. The molecule has 1 aromatic rings. The van der Waals surface area contributed by atoms with E-state index in [1.54, 1.807) is 0 Å². The predicted octanol–water partition coefficient (Wildman–Crippen LogP) is 3.13. The van der Waals surface area contributed by atoms with Crippen LogP contribution in [-0.4, -0.2) is 23.9 Å². The number of allylic oxidation sites excluding steroid dienone is 1. The van der Waals surface area contributed by atoms with Gasteiger partial charge in [0.25, 0.3) is 0 Å². The molecule has 3 heteroatoms. The van der Waals surface area contributed by atoms with Crippen molar-refractivity contribution in [2.75, 3.05) is 14.1 Å². The predicted molar refractivity (Wildman–Crippen MR) is 66.0 cm³/mol. The molecule has 0 atom stereocenters. The van der Waals surface area contributed by atoms with Gasteiger partial charge in [0.15, 0.2) is 0 Å². The summed E-state index contributed by atoms with van der Waals surface area (Å²) in [7, 11) is 3.90. The van der Waals surface area contributed by atoms with Gasteiger partial charge in [0.1, 0.15) is 0 Å². The minimum atomic E-state index is 0.695. The summed E-state index contributed by atoms with van der Waals surface area (Å²) in [6.07, 6.45) is 3.78. The van der Waals surface area contributed by atoms with E-state index >= 15 is 0 Å². The van der Waals surface area contributed by atoms with Gasteiger partial charge in [-0.2, -0.15) is 0 Å². The van der Waals surface area contributed by atoms with Crippen LogP contribution in [0.1, 0.15) is 5.56 Å². The molecule has 14 heavy (non-hydrogen) atoms. The first kappa shape index (κ1) is 11.2. The van der Waals surface area contributed by atoms with Gasteiger partial charge in [-0.1, -0.05) is 42.0 Å². The summed E-state index contributed by atoms with van der Waals surface area (Å²) >= 11 is 11.2. The number of benzene rings is 1. The second-order valence-corrected chi connectivity index (χ2v) is 3.97. The summed E-state index contributed by atoms with van der Waals surface area (Å²) in [5.74, 6) is 0. The molecule has 74 valence electrons. The molecule has 0 heterocycles. The third-order valence-corrected chi connectivity index (χ3v) is 2.35. The number of hydrogen-bond acceptors (Lipinski definition) is 2. The normalized spacial score (nSPS) is 10.5. The monoisotopic (exact) mass is 225 g/mol. The summed E-state index contributed by atoms with van der Waals surface area (Å²) < 4.78 is 0. The molecular weight excluding hydrogens is 214 g/mol. The highest BCUT2D eigenvalue weighted by atomic mass is 35.5. The van der Waals surface area contributed by atoms with E-state index in [-0.39, 0.29) is 0 Å². The molecule has 0 aliphatic rings. The number of rotatable bonds is 3. The molecule has 0 N–H and O–H groups in total. The Morgan fingerprint density at radius 1 is 1.36 bits per heavy atom. The Bertz CT molecular complexity index is 358. The van der Waals surface area contributed by atoms with Crippen LogP contribution < -0.4 is 0 Å². The van der Waals surface area contributed by atoms with E-state index in [4.69, 9.17) is 23.8 Å². The second-order valence-electron chi connectivity index (χ2n) is 3.12. The van der Waals surface area contributed by atoms with Crippen LogP contribution in [0, 0.1) is 0 Å². The fourth-order valence-corrected chi connectivity index (χ4v) is 1.50. The van der Waals surface area contributed by atoms with Gasteiger partial charge in [0.2, 0.25) is 0 Å². The van der Waals surface area contributed by atoms with Gasteiger partial charge in [-0.25, -0.2) is 0 Å². The van der Waals surface area contributed by atoms with Crippen LogP contribution in [0.15, 0.2) is 36.5 Å². The van der Waals surface area contributed by atoms with Gasteiger partial charge < -0.3 is 4.90 Å². The van der Waals surface area contributed by atoms with Crippen LogP contribution in [0.2, 0.25) is 5.02 Å². The standard InChI is InChI=1S/C11H12ClNS/c1-13(2)8-7-11(14)9-5-3-4-6-10(9)12/h3-8H,1-2H3/b8-7+. The summed E-state index contributed by atoms with van der Waals surface area (Å²) in [6.45, 7) is 0. The highest BCUT2D eigenvalue weighted by molar-refractivity contribution is 7.81. The summed E-state index contributed by atoms with van der Waals surface area (Å²) in [6, 6.07) is 7.58. The summed E-state index contributed by atoms with van der Waals surface area (Å²) in [4.78, 5) is 2.69. The topological polar surface area (TPSA) is 3.24 Å². The number of nitrogens with zero attached hydrogens (tertiary/aromatic N) is 1. The van der Waals surface area contributed by atoms with E-state index in [1.807, 2.05) is 55.5 Å². The molecule has 0 bridgehead atoms. The second kappa shape index (κ2) is 5.13. The first-order valence-corrected chi connectivity index (χ1v) is 5.03. The van der Waals surface area contributed by atoms with Crippen LogP contribution in [0.25, 0.3) is 0 Å². The van der Waals surface area contributed by atoms with Crippen LogP contribution in [0.3, 0.4) is 0 Å². The van der Waals surface area contributed by atoms with Gasteiger partial charge in [-0.3, -0.25) is 0 Å². The average Bonchev–Trinajstić information content (AvgIpc) is 2.15. The summed E-state index contributed by atoms with van der Waals surface area (Å²) in [5.41, 5.74) is 0.905. The Morgan fingerprint density at radius 3 is 2.57 bits per heavy atom. The lowest BCUT2D eigenvalue weighted by Crippen LogP contribution is -2.02. The Hall–Kier alpha value is -0.860. The van der Waals surface area contributed by atoms with Gasteiger partial charge in [0.05, 0.1) is 0 Å². The van der Waals surface area contributed by atoms with Crippen molar-refractivity contribution in [1.29, 1.82) is 0 Å². The number of thiocarbonyl (C=S) groups is 1. The van der Waals surface area contributed by atoms with Gasteiger partial charge in [0, 0.05) is 29.5 Å². The van der Waals surface area contributed by atoms with Crippen molar-refractivity contribution >= 4 is 28.7 Å². The Kier molecular flexibility index (Phi) is 4.11. The first-order chi connectivity index (χ1) is 6.61. The average molecular weight is 226 g/mol. The molecule has 0 aromatic heterocycles. The van der Waals surface area contributed by atoms with Crippen LogP contribution >= 0.6 is 23.8 Å². The molecule has 1 nitrogen and oxygen atoms in total. The Morgan fingerprint density at radius 2 is 2.00 bits per heavy atom. The van der Waals surface area contributed by atoms with E-state index in [0.717, 1.165) is 10.4 Å². The zero-order valence-electron chi connectivity index (χ0n) is 8.20. The molecule has 0 aliphatic heterocycles. The van der Waals surface area contributed by atoms with Crippen molar-refractivity contribution in [2.45, 2.75) is 0 Å². The zero-order valence-corrected chi connectivity index (χ0v) is 9.77. The van der Waals surface area contributed by atoms with E-state index in [2.05, 4.69) is 0 Å². The van der Waals surface area contributed by atoms with E-state index < -0.39 is 0 Å². The SMILES string of the molecule is CN(C)/C=C/C(=S)c1ccccc1Cl. The lowest BCUT2D eigenvalue weighted by molar-refractivity contribution is 0.564. The van der Waals surface area contributed by atoms with Crippen molar-refractivity contribution in [3.63, 3.8) is 0 Å². The molecule has 0 saturated carbocycles. The summed E-state index contributed by atoms with van der Waals surface area (Å²) in [5, 5.41) is 0.695. The number of halogens is 1. The third kappa shape index (κ3) is 3.13. The smallest absolute Gasteiger partial charge is 0.0492 e. The van der Waals surface area contributed by atoms with Crippen molar-refractivity contribution in [3.05, 3.63) is 47.1 Å². The fraction of sp³-hybridized carbons (Fsp3) is 0.182. The van der Waals surface area contributed by atoms with E-state index in [9.17, 15) is 0 Å². The number of hydrogen-bond donors (Lipinski definition) is 0. The Balaban J connectivity index is 2.85. The molecule has 0 amide bonds. The van der Waals surface area contributed by atoms with Gasteiger partial charge >= 0.3 is 0 Å². The van der Waals surface area contributed by atoms with Crippen molar-refractivity contribution < 1.29 is 0 Å². The van der Waals surface area contributed by atoms with Gasteiger partial charge in [-0.15, -0.1) is 0 Å². The van der Waals surface area contributed by atoms with Crippen molar-refractivity contribution in [1.82, 2.24) is 4.90 Å². The molecule has 0 fully saturated rings.